The molecule has 1 heterocycles. The number of halogens is 2. The molecular formula is C15H19BrFN3S. The van der Waals surface area contributed by atoms with E-state index < -0.39 is 0 Å². The van der Waals surface area contributed by atoms with Gasteiger partial charge in [-0.05, 0) is 61.8 Å². The second-order valence-corrected chi connectivity index (χ2v) is 7.79. The van der Waals surface area contributed by atoms with Crippen LogP contribution in [0.15, 0.2) is 22.7 Å². The zero-order valence-corrected chi connectivity index (χ0v) is 14.8. The molecule has 0 spiro atoms. The van der Waals surface area contributed by atoms with Gasteiger partial charge in [-0.3, -0.25) is 0 Å². The average Bonchev–Trinajstić information content (AvgIpc) is 2.82. The Morgan fingerprint density at radius 1 is 1.29 bits per heavy atom. The third kappa shape index (κ3) is 4.83. The Labute approximate surface area is 137 Å². The van der Waals surface area contributed by atoms with Crippen molar-refractivity contribution in [1.29, 1.82) is 0 Å². The van der Waals surface area contributed by atoms with Gasteiger partial charge in [-0.25, -0.2) is 4.39 Å². The zero-order chi connectivity index (χ0) is 15.5. The first-order valence-electron chi connectivity index (χ1n) is 6.88. The molecule has 0 saturated carbocycles. The lowest BCUT2D eigenvalue weighted by atomic mass is 10.1. The molecule has 0 atom stereocenters. The quantitative estimate of drug-likeness (QED) is 0.790. The molecule has 0 saturated heterocycles. The van der Waals surface area contributed by atoms with Gasteiger partial charge < -0.3 is 5.32 Å². The summed E-state index contributed by atoms with van der Waals surface area (Å²) in [7, 11) is 0. The van der Waals surface area contributed by atoms with Crippen LogP contribution in [0, 0.1) is 5.82 Å². The van der Waals surface area contributed by atoms with Crippen molar-refractivity contribution in [2.45, 2.75) is 39.2 Å². The second-order valence-electron chi connectivity index (χ2n) is 5.88. The SMILES string of the molecule is CC(C)(C)NCCCc1nnc(-c2c(F)cccc2Br)s1. The molecular weight excluding hydrogens is 353 g/mol. The summed E-state index contributed by atoms with van der Waals surface area (Å²) < 4.78 is 14.6. The second kappa shape index (κ2) is 6.94. The van der Waals surface area contributed by atoms with Gasteiger partial charge in [-0.2, -0.15) is 0 Å². The Balaban J connectivity index is 1.99. The smallest absolute Gasteiger partial charge is 0.151 e. The van der Waals surface area contributed by atoms with Gasteiger partial charge in [0.15, 0.2) is 5.01 Å². The van der Waals surface area contributed by atoms with Crippen LogP contribution in [0.5, 0.6) is 0 Å². The van der Waals surface area contributed by atoms with Crippen LogP contribution in [0.4, 0.5) is 4.39 Å². The average molecular weight is 372 g/mol. The van der Waals surface area contributed by atoms with Crippen molar-refractivity contribution in [3.63, 3.8) is 0 Å². The van der Waals surface area contributed by atoms with E-state index in [1.807, 2.05) is 6.07 Å². The number of aromatic nitrogens is 2. The summed E-state index contributed by atoms with van der Waals surface area (Å²) in [4.78, 5) is 0. The lowest BCUT2D eigenvalue weighted by Crippen LogP contribution is -2.36. The number of aryl methyl sites for hydroxylation is 1. The maximum absolute atomic E-state index is 13.9. The van der Waals surface area contributed by atoms with E-state index in [0.29, 0.717) is 15.0 Å². The van der Waals surface area contributed by atoms with E-state index >= 15 is 0 Å². The van der Waals surface area contributed by atoms with E-state index in [1.165, 1.54) is 17.4 Å². The summed E-state index contributed by atoms with van der Waals surface area (Å²) in [5.41, 5.74) is 0.624. The molecule has 0 fully saturated rings. The Kier molecular flexibility index (Phi) is 5.46. The fourth-order valence-corrected chi connectivity index (χ4v) is 3.46. The summed E-state index contributed by atoms with van der Waals surface area (Å²) in [5.74, 6) is -0.276. The molecule has 3 nitrogen and oxygen atoms in total. The van der Waals surface area contributed by atoms with E-state index in [9.17, 15) is 4.39 Å². The van der Waals surface area contributed by atoms with Crippen molar-refractivity contribution < 1.29 is 4.39 Å². The number of nitrogens with one attached hydrogen (secondary N) is 1. The molecule has 0 aliphatic carbocycles. The molecule has 21 heavy (non-hydrogen) atoms. The minimum Gasteiger partial charge on any atom is -0.312 e. The Bertz CT molecular complexity index is 587. The van der Waals surface area contributed by atoms with E-state index in [0.717, 1.165) is 24.4 Å². The van der Waals surface area contributed by atoms with Crippen LogP contribution in [-0.4, -0.2) is 22.3 Å². The van der Waals surface area contributed by atoms with Crippen LogP contribution < -0.4 is 5.32 Å². The number of hydrogen-bond donors (Lipinski definition) is 1. The number of nitrogens with zero attached hydrogens (tertiary/aromatic N) is 2. The van der Waals surface area contributed by atoms with Crippen molar-refractivity contribution in [3.8, 4) is 10.6 Å². The molecule has 1 aromatic heterocycles. The van der Waals surface area contributed by atoms with Crippen LogP contribution in [0.25, 0.3) is 10.6 Å². The van der Waals surface area contributed by atoms with Gasteiger partial charge in [0, 0.05) is 16.4 Å². The van der Waals surface area contributed by atoms with Crippen LogP contribution in [0.3, 0.4) is 0 Å². The Morgan fingerprint density at radius 2 is 2.05 bits per heavy atom. The lowest BCUT2D eigenvalue weighted by molar-refractivity contribution is 0.422. The van der Waals surface area contributed by atoms with E-state index in [-0.39, 0.29) is 11.4 Å². The third-order valence-electron chi connectivity index (χ3n) is 2.87. The number of hydrogen-bond acceptors (Lipinski definition) is 4. The predicted octanol–water partition coefficient (Wildman–Crippen LogP) is 4.43. The molecule has 6 heteroatoms. The zero-order valence-electron chi connectivity index (χ0n) is 12.4. The van der Waals surface area contributed by atoms with Gasteiger partial charge in [-0.1, -0.05) is 17.4 Å². The van der Waals surface area contributed by atoms with E-state index in [4.69, 9.17) is 0 Å². The Hall–Kier alpha value is -0.850. The Morgan fingerprint density at radius 3 is 2.71 bits per heavy atom. The molecule has 1 aromatic carbocycles. The summed E-state index contributed by atoms with van der Waals surface area (Å²) in [6.07, 6.45) is 1.84. The number of rotatable bonds is 5. The monoisotopic (exact) mass is 371 g/mol. The lowest BCUT2D eigenvalue weighted by Gasteiger charge is -2.20. The highest BCUT2D eigenvalue weighted by Crippen LogP contribution is 2.32. The van der Waals surface area contributed by atoms with Crippen LogP contribution >= 0.6 is 27.3 Å². The molecule has 2 aromatic rings. The molecule has 0 unspecified atom stereocenters. The van der Waals surface area contributed by atoms with E-state index in [1.54, 1.807) is 6.07 Å². The first-order chi connectivity index (χ1) is 9.87. The van der Waals surface area contributed by atoms with Gasteiger partial charge in [0.2, 0.25) is 0 Å². The van der Waals surface area contributed by atoms with Crippen LogP contribution in [0.1, 0.15) is 32.2 Å². The van der Waals surface area contributed by atoms with Crippen molar-refractivity contribution in [2.24, 2.45) is 0 Å². The summed E-state index contributed by atoms with van der Waals surface area (Å²) in [5, 5.41) is 13.3. The molecule has 0 aliphatic heterocycles. The van der Waals surface area contributed by atoms with Crippen LogP contribution in [-0.2, 0) is 6.42 Å². The highest BCUT2D eigenvalue weighted by molar-refractivity contribution is 9.10. The molecule has 0 bridgehead atoms. The highest BCUT2D eigenvalue weighted by Gasteiger charge is 2.14. The molecule has 0 amide bonds. The van der Waals surface area contributed by atoms with Gasteiger partial charge in [0.1, 0.15) is 10.8 Å². The van der Waals surface area contributed by atoms with Gasteiger partial charge >= 0.3 is 0 Å². The first-order valence-corrected chi connectivity index (χ1v) is 8.49. The van der Waals surface area contributed by atoms with E-state index in [2.05, 4.69) is 52.2 Å². The van der Waals surface area contributed by atoms with Crippen molar-refractivity contribution >= 4 is 27.3 Å². The molecule has 2 rings (SSSR count). The highest BCUT2D eigenvalue weighted by atomic mass is 79.9. The fourth-order valence-electron chi connectivity index (χ4n) is 1.86. The predicted molar refractivity (Wildman–Crippen MR) is 89.1 cm³/mol. The summed E-state index contributed by atoms with van der Waals surface area (Å²) in [6.45, 7) is 7.37. The normalized spacial score (nSPS) is 11.9. The minimum absolute atomic E-state index is 0.129. The standard InChI is InChI=1S/C15H19BrFN3S/c1-15(2,3)18-9-5-8-12-19-20-14(21-12)13-10(16)6-4-7-11(13)17/h4,6-7,18H,5,8-9H2,1-3H3. The van der Waals surface area contributed by atoms with Gasteiger partial charge in [0.25, 0.3) is 0 Å². The van der Waals surface area contributed by atoms with Crippen molar-refractivity contribution in [2.75, 3.05) is 6.54 Å². The van der Waals surface area contributed by atoms with Crippen molar-refractivity contribution in [3.05, 3.63) is 33.5 Å². The fraction of sp³-hybridized carbons (Fsp3) is 0.467. The summed E-state index contributed by atoms with van der Waals surface area (Å²) >= 11 is 4.82. The van der Waals surface area contributed by atoms with Crippen molar-refractivity contribution in [1.82, 2.24) is 15.5 Å². The largest absolute Gasteiger partial charge is 0.312 e. The molecule has 0 radical (unpaired) electrons. The van der Waals surface area contributed by atoms with Crippen LogP contribution in [0.2, 0.25) is 0 Å². The molecule has 0 aliphatic rings. The maximum atomic E-state index is 13.9. The molecule has 114 valence electrons. The molecule has 1 N–H and O–H groups in total. The summed E-state index contributed by atoms with van der Waals surface area (Å²) in [6, 6.07) is 4.92. The third-order valence-corrected chi connectivity index (χ3v) is 4.53. The van der Waals surface area contributed by atoms with Gasteiger partial charge in [-0.15, -0.1) is 10.2 Å². The first kappa shape index (κ1) is 16.5. The maximum Gasteiger partial charge on any atom is 0.151 e. The number of benzene rings is 1. The van der Waals surface area contributed by atoms with Gasteiger partial charge in [0.05, 0.1) is 5.56 Å². The minimum atomic E-state index is -0.276. The topological polar surface area (TPSA) is 37.8 Å².